The Hall–Kier alpha value is 1.71. The summed E-state index contributed by atoms with van der Waals surface area (Å²) in [7, 11) is -0.701. The number of hydrogen-bond donors (Lipinski definition) is 0. The third-order valence-corrected chi connectivity index (χ3v) is 0. The van der Waals surface area contributed by atoms with E-state index in [1.165, 1.54) is 0 Å². The molecule has 0 aromatic rings. The van der Waals surface area contributed by atoms with Crippen molar-refractivity contribution in [3.8, 4) is 0 Å². The van der Waals surface area contributed by atoms with Gasteiger partial charge in [-0.15, -0.1) is 6.58 Å². The van der Waals surface area contributed by atoms with Crippen molar-refractivity contribution in [2.75, 3.05) is 0 Å². The largest absolute Gasteiger partial charge is 0.542 e. The minimum atomic E-state index is -0.701. The van der Waals surface area contributed by atoms with E-state index < -0.39 is 8.67 Å². The second-order valence-corrected chi connectivity index (χ2v) is 20.5. The molecule has 0 aliphatic heterocycles. The molecular formula is C3H6AlBr3. The van der Waals surface area contributed by atoms with Crippen LogP contribution in [0.25, 0.3) is 0 Å². The molecule has 0 atom stereocenters. The first-order chi connectivity index (χ1) is 3.15. The minimum Gasteiger partial charge on any atom is -0.181 e. The zero-order chi connectivity index (χ0) is 6.28. The normalized spacial score (nSPS) is 5.71. The standard InChI is InChI=1S/C3H6.Al.3BrH/c1-3-2;;;;/h3H,1H2,2H3;;3*1H/q;+3;;;/p-3. The van der Waals surface area contributed by atoms with Gasteiger partial charge in [-0.05, 0) is 6.92 Å². The molecule has 0 aromatic heterocycles. The second kappa shape index (κ2) is 10.6. The number of allylic oxidation sites excluding steroid dienone is 1. The van der Waals surface area contributed by atoms with Crippen molar-refractivity contribution in [1.29, 1.82) is 0 Å². The fourth-order valence-corrected chi connectivity index (χ4v) is 0. The smallest absolute Gasteiger partial charge is 0.181 e. The van der Waals surface area contributed by atoms with Gasteiger partial charge in [0.05, 0.1) is 0 Å². The summed E-state index contributed by atoms with van der Waals surface area (Å²) in [6, 6.07) is 0. The summed E-state index contributed by atoms with van der Waals surface area (Å²) in [6.45, 7) is 5.25. The molecule has 0 spiro atoms. The maximum atomic E-state index is 3.36. The van der Waals surface area contributed by atoms with Gasteiger partial charge in [0, 0.05) is 0 Å². The Morgan fingerprint density at radius 1 is 1.43 bits per heavy atom. The Kier molecular flexibility index (Phi) is 17.5. The lowest BCUT2D eigenvalue weighted by Gasteiger charge is -1.59. The van der Waals surface area contributed by atoms with Crippen molar-refractivity contribution in [1.82, 2.24) is 0 Å². The van der Waals surface area contributed by atoms with Gasteiger partial charge in [-0.3, -0.25) is 0 Å². The van der Waals surface area contributed by atoms with Gasteiger partial charge in [-0.2, -0.15) is 42.2 Å². The molecule has 0 radical (unpaired) electrons. The van der Waals surface area contributed by atoms with Crippen LogP contribution in [-0.2, 0) is 0 Å². The van der Waals surface area contributed by atoms with Gasteiger partial charge < -0.3 is 0 Å². The van der Waals surface area contributed by atoms with Crippen molar-refractivity contribution in [3.63, 3.8) is 0 Å². The zero-order valence-electron chi connectivity index (χ0n) is 4.00. The molecule has 0 rings (SSSR count). The van der Waals surface area contributed by atoms with E-state index >= 15 is 0 Å². The Morgan fingerprint density at radius 3 is 1.43 bits per heavy atom. The highest BCUT2D eigenvalue weighted by molar-refractivity contribution is 9.69. The van der Waals surface area contributed by atoms with Crippen molar-refractivity contribution in [2.24, 2.45) is 0 Å². The van der Waals surface area contributed by atoms with Crippen LogP contribution in [-0.4, -0.2) is 8.67 Å². The first-order valence-electron chi connectivity index (χ1n) is 1.64. The van der Waals surface area contributed by atoms with Crippen molar-refractivity contribution < 1.29 is 0 Å². The molecule has 0 unspecified atom stereocenters. The summed E-state index contributed by atoms with van der Waals surface area (Å²) in [5.74, 6) is 0. The van der Waals surface area contributed by atoms with Crippen LogP contribution < -0.4 is 0 Å². The lowest BCUT2D eigenvalue weighted by Crippen LogP contribution is -1.60. The topological polar surface area (TPSA) is 0 Å². The van der Waals surface area contributed by atoms with Crippen molar-refractivity contribution in [2.45, 2.75) is 6.92 Å². The summed E-state index contributed by atoms with van der Waals surface area (Å²) >= 11 is 9.73. The molecule has 0 fully saturated rings. The average molecular weight is 309 g/mol. The lowest BCUT2D eigenvalue weighted by atomic mass is 10.8. The van der Waals surface area contributed by atoms with Gasteiger partial charge in [-0.25, -0.2) is 0 Å². The predicted octanol–water partition coefficient (Wildman–Crippen LogP) is 3.35. The van der Waals surface area contributed by atoms with Crippen molar-refractivity contribution in [3.05, 3.63) is 12.7 Å². The zero-order valence-corrected chi connectivity index (χ0v) is 9.91. The van der Waals surface area contributed by atoms with E-state index in [-0.39, 0.29) is 0 Å². The van der Waals surface area contributed by atoms with Crippen LogP contribution in [0.1, 0.15) is 6.92 Å². The van der Waals surface area contributed by atoms with Crippen LogP contribution in [0.15, 0.2) is 12.7 Å². The molecule has 0 aromatic carbocycles. The Balaban J connectivity index is 0. The molecule has 0 aliphatic rings. The Morgan fingerprint density at radius 2 is 1.43 bits per heavy atom. The molecule has 0 nitrogen and oxygen atoms in total. The first-order valence-corrected chi connectivity index (χ1v) is 11.2. The van der Waals surface area contributed by atoms with Gasteiger partial charge in [0.25, 0.3) is 0 Å². The second-order valence-electron chi connectivity index (χ2n) is 0.656. The lowest BCUT2D eigenvalue weighted by molar-refractivity contribution is 1.80. The third-order valence-electron chi connectivity index (χ3n) is 0. The molecule has 0 N–H and O–H groups in total. The quantitative estimate of drug-likeness (QED) is 0.475. The monoisotopic (exact) mass is 306 g/mol. The summed E-state index contributed by atoms with van der Waals surface area (Å²) in [5.41, 5.74) is 0. The summed E-state index contributed by atoms with van der Waals surface area (Å²) in [5, 5.41) is 0. The summed E-state index contributed by atoms with van der Waals surface area (Å²) < 4.78 is 0. The molecule has 4 heteroatoms. The molecular weight excluding hydrogens is 303 g/mol. The molecule has 7 heavy (non-hydrogen) atoms. The molecule has 0 saturated carbocycles. The highest BCUT2D eigenvalue weighted by Crippen LogP contribution is 2.07. The average Bonchev–Trinajstić information content (AvgIpc) is 1.33. The van der Waals surface area contributed by atoms with Gasteiger partial charge >= 0.3 is 8.67 Å². The van der Waals surface area contributed by atoms with Crippen LogP contribution in [0.5, 0.6) is 0 Å². The van der Waals surface area contributed by atoms with E-state index in [1.54, 1.807) is 6.08 Å². The SMILES string of the molecule is C=CC.[Br][Al]([Br])[Br]. The molecule has 0 aliphatic carbocycles. The van der Waals surface area contributed by atoms with Gasteiger partial charge in [-0.1, -0.05) is 6.08 Å². The molecule has 0 amide bonds. The maximum absolute atomic E-state index is 3.36. The van der Waals surface area contributed by atoms with E-state index in [2.05, 4.69) is 48.7 Å². The highest BCUT2D eigenvalue weighted by Gasteiger charge is 1.95. The van der Waals surface area contributed by atoms with Crippen LogP contribution in [0.4, 0.5) is 0 Å². The minimum absolute atomic E-state index is 0.701. The van der Waals surface area contributed by atoms with Crippen LogP contribution in [0.3, 0.4) is 0 Å². The Bertz CT molecular complexity index is 34.4. The van der Waals surface area contributed by atoms with Crippen LogP contribution in [0, 0.1) is 0 Å². The van der Waals surface area contributed by atoms with Gasteiger partial charge in [0.1, 0.15) is 0 Å². The number of halogens is 3. The highest BCUT2D eigenvalue weighted by atomic mass is 80.0. The fraction of sp³-hybridized carbons (Fsp3) is 0.333. The van der Waals surface area contributed by atoms with Crippen LogP contribution in [0.2, 0.25) is 0 Å². The van der Waals surface area contributed by atoms with E-state index in [0.717, 1.165) is 0 Å². The molecule has 0 heterocycles. The summed E-state index contributed by atoms with van der Waals surface area (Å²) in [4.78, 5) is 0. The van der Waals surface area contributed by atoms with Crippen LogP contribution >= 0.6 is 42.2 Å². The summed E-state index contributed by atoms with van der Waals surface area (Å²) in [6.07, 6.45) is 1.75. The van der Waals surface area contributed by atoms with Gasteiger partial charge in [0.15, 0.2) is 0 Å². The number of rotatable bonds is 0. The molecule has 42 valence electrons. The first kappa shape index (κ1) is 11.5. The van der Waals surface area contributed by atoms with E-state index in [4.69, 9.17) is 0 Å². The van der Waals surface area contributed by atoms with E-state index in [1.807, 2.05) is 6.92 Å². The molecule has 0 bridgehead atoms. The van der Waals surface area contributed by atoms with E-state index in [9.17, 15) is 0 Å². The van der Waals surface area contributed by atoms with E-state index in [0.29, 0.717) is 0 Å². The predicted molar refractivity (Wildman–Crippen MR) is 48.4 cm³/mol. The number of hydrogen-bond acceptors (Lipinski definition) is 0. The fourth-order valence-electron chi connectivity index (χ4n) is 0. The Labute approximate surface area is 69.7 Å². The van der Waals surface area contributed by atoms with Crippen molar-refractivity contribution >= 4 is 50.8 Å². The maximum Gasteiger partial charge on any atom is 0.542 e. The molecule has 0 saturated heterocycles. The third kappa shape index (κ3) is 85.8. The van der Waals surface area contributed by atoms with Gasteiger partial charge in [0.2, 0.25) is 0 Å².